The lowest BCUT2D eigenvalue weighted by Gasteiger charge is -2.14. The molecule has 2 rings (SSSR count). The van der Waals surface area contributed by atoms with Gasteiger partial charge in [-0.25, -0.2) is 0 Å². The second kappa shape index (κ2) is 7.62. The van der Waals surface area contributed by atoms with Crippen LogP contribution in [0.1, 0.15) is 12.8 Å². The first-order valence-electron chi connectivity index (χ1n) is 6.66. The number of hydrogen-bond donors (Lipinski definition) is 1. The van der Waals surface area contributed by atoms with Crippen LogP contribution in [0.4, 0.5) is 0 Å². The monoisotopic (exact) mass is 268 g/mol. The lowest BCUT2D eigenvalue weighted by Crippen LogP contribution is -2.32. The molecule has 0 atom stereocenters. The van der Waals surface area contributed by atoms with E-state index in [0.29, 0.717) is 6.61 Å². The van der Waals surface area contributed by atoms with Crippen molar-refractivity contribution < 1.29 is 4.74 Å². The molecule has 1 saturated heterocycles. The molecule has 0 radical (unpaired) electrons. The standard InChI is InChI=1S/C14H21ClN2O/c15-13-3-5-14(6-4-13)18-12-8-16-7-11-17-9-1-2-10-17/h3-6,16H,1-2,7-12H2. The second-order valence-electron chi connectivity index (χ2n) is 4.60. The fraction of sp³-hybridized carbons (Fsp3) is 0.571. The van der Waals surface area contributed by atoms with Crippen molar-refractivity contribution in [2.75, 3.05) is 39.3 Å². The van der Waals surface area contributed by atoms with E-state index in [1.807, 2.05) is 24.3 Å². The molecule has 1 fully saturated rings. The Labute approximate surface area is 114 Å². The Balaban J connectivity index is 1.49. The SMILES string of the molecule is Clc1ccc(OCCNCCN2CCCC2)cc1. The molecule has 1 N–H and O–H groups in total. The van der Waals surface area contributed by atoms with E-state index >= 15 is 0 Å². The molecule has 4 heteroatoms. The van der Waals surface area contributed by atoms with Crippen LogP contribution < -0.4 is 10.1 Å². The number of likely N-dealkylation sites (tertiary alicyclic amines) is 1. The lowest BCUT2D eigenvalue weighted by molar-refractivity contribution is 0.299. The zero-order chi connectivity index (χ0) is 12.6. The predicted octanol–water partition coefficient (Wildman–Crippen LogP) is 2.40. The van der Waals surface area contributed by atoms with Crippen LogP contribution >= 0.6 is 11.6 Å². The number of rotatable bonds is 7. The highest BCUT2D eigenvalue weighted by Gasteiger charge is 2.09. The summed E-state index contributed by atoms with van der Waals surface area (Å²) in [5.41, 5.74) is 0. The van der Waals surface area contributed by atoms with Gasteiger partial charge in [0.1, 0.15) is 12.4 Å². The molecule has 1 heterocycles. The van der Waals surface area contributed by atoms with Crippen molar-refractivity contribution in [2.24, 2.45) is 0 Å². The van der Waals surface area contributed by atoms with Gasteiger partial charge in [-0.3, -0.25) is 0 Å². The van der Waals surface area contributed by atoms with Gasteiger partial charge in [-0.05, 0) is 50.2 Å². The third-order valence-electron chi connectivity index (χ3n) is 3.16. The molecular weight excluding hydrogens is 248 g/mol. The molecule has 1 aromatic rings. The van der Waals surface area contributed by atoms with Crippen molar-refractivity contribution in [1.29, 1.82) is 0 Å². The van der Waals surface area contributed by atoms with Crippen LogP contribution in [0.3, 0.4) is 0 Å². The van der Waals surface area contributed by atoms with Crippen molar-refractivity contribution in [2.45, 2.75) is 12.8 Å². The first kappa shape index (κ1) is 13.7. The molecule has 0 aromatic heterocycles. The van der Waals surface area contributed by atoms with Gasteiger partial charge in [-0.2, -0.15) is 0 Å². The Bertz CT molecular complexity index is 336. The molecule has 1 aromatic carbocycles. The Hall–Kier alpha value is -0.770. The number of benzene rings is 1. The van der Waals surface area contributed by atoms with E-state index in [1.54, 1.807) is 0 Å². The molecule has 0 unspecified atom stereocenters. The van der Waals surface area contributed by atoms with Crippen LogP contribution in [0, 0.1) is 0 Å². The van der Waals surface area contributed by atoms with Gasteiger partial charge >= 0.3 is 0 Å². The van der Waals surface area contributed by atoms with E-state index in [4.69, 9.17) is 16.3 Å². The summed E-state index contributed by atoms with van der Waals surface area (Å²) < 4.78 is 5.60. The lowest BCUT2D eigenvalue weighted by atomic mass is 10.3. The summed E-state index contributed by atoms with van der Waals surface area (Å²) in [6.45, 7) is 6.31. The Kier molecular flexibility index (Phi) is 5.78. The zero-order valence-corrected chi connectivity index (χ0v) is 11.5. The van der Waals surface area contributed by atoms with Crippen molar-refractivity contribution in [3.05, 3.63) is 29.3 Å². The van der Waals surface area contributed by atoms with E-state index in [2.05, 4.69) is 10.2 Å². The van der Waals surface area contributed by atoms with Crippen LogP contribution in [-0.4, -0.2) is 44.2 Å². The van der Waals surface area contributed by atoms with Crippen molar-refractivity contribution >= 4 is 11.6 Å². The highest BCUT2D eigenvalue weighted by molar-refractivity contribution is 6.30. The minimum absolute atomic E-state index is 0.696. The molecule has 0 aliphatic carbocycles. The maximum Gasteiger partial charge on any atom is 0.119 e. The van der Waals surface area contributed by atoms with Gasteiger partial charge in [0.05, 0.1) is 0 Å². The quantitative estimate of drug-likeness (QED) is 0.769. The van der Waals surface area contributed by atoms with E-state index in [-0.39, 0.29) is 0 Å². The molecule has 0 spiro atoms. The van der Waals surface area contributed by atoms with E-state index in [1.165, 1.54) is 25.9 Å². The first-order valence-corrected chi connectivity index (χ1v) is 7.04. The summed E-state index contributed by atoms with van der Waals surface area (Å²) in [6.07, 6.45) is 2.72. The Morgan fingerprint density at radius 1 is 1.11 bits per heavy atom. The van der Waals surface area contributed by atoms with Crippen molar-refractivity contribution in [3.63, 3.8) is 0 Å². The van der Waals surface area contributed by atoms with Gasteiger partial charge < -0.3 is 15.0 Å². The number of ether oxygens (including phenoxy) is 1. The van der Waals surface area contributed by atoms with E-state index in [0.717, 1.165) is 30.4 Å². The van der Waals surface area contributed by atoms with Gasteiger partial charge in [0.2, 0.25) is 0 Å². The van der Waals surface area contributed by atoms with Crippen molar-refractivity contribution in [1.82, 2.24) is 10.2 Å². The molecule has 1 aliphatic heterocycles. The summed E-state index contributed by atoms with van der Waals surface area (Å²) in [5.74, 6) is 0.876. The van der Waals surface area contributed by atoms with Gasteiger partial charge in [0, 0.05) is 24.7 Å². The maximum atomic E-state index is 5.80. The normalized spacial score (nSPS) is 16.1. The van der Waals surface area contributed by atoms with Gasteiger partial charge in [-0.1, -0.05) is 11.6 Å². The number of hydrogen-bond acceptors (Lipinski definition) is 3. The third-order valence-corrected chi connectivity index (χ3v) is 3.42. The fourth-order valence-corrected chi connectivity index (χ4v) is 2.27. The minimum atomic E-state index is 0.696. The number of nitrogens with one attached hydrogen (secondary N) is 1. The van der Waals surface area contributed by atoms with Gasteiger partial charge in [-0.15, -0.1) is 0 Å². The summed E-state index contributed by atoms with van der Waals surface area (Å²) in [7, 11) is 0. The third kappa shape index (κ3) is 4.84. The summed E-state index contributed by atoms with van der Waals surface area (Å²) in [6, 6.07) is 7.48. The molecule has 100 valence electrons. The summed E-state index contributed by atoms with van der Waals surface area (Å²) in [4.78, 5) is 2.51. The summed E-state index contributed by atoms with van der Waals surface area (Å²) >= 11 is 5.80. The molecule has 0 amide bonds. The summed E-state index contributed by atoms with van der Waals surface area (Å²) in [5, 5.41) is 4.14. The van der Waals surface area contributed by atoms with Gasteiger partial charge in [0.15, 0.2) is 0 Å². The van der Waals surface area contributed by atoms with Gasteiger partial charge in [0.25, 0.3) is 0 Å². The predicted molar refractivity (Wildman–Crippen MR) is 75.5 cm³/mol. The molecule has 18 heavy (non-hydrogen) atoms. The molecule has 0 saturated carbocycles. The second-order valence-corrected chi connectivity index (χ2v) is 5.04. The van der Waals surface area contributed by atoms with Crippen LogP contribution in [0.15, 0.2) is 24.3 Å². The molecule has 3 nitrogen and oxygen atoms in total. The molecule has 0 bridgehead atoms. The highest BCUT2D eigenvalue weighted by atomic mass is 35.5. The Morgan fingerprint density at radius 3 is 2.56 bits per heavy atom. The zero-order valence-electron chi connectivity index (χ0n) is 10.7. The van der Waals surface area contributed by atoms with Crippen LogP contribution in [0.2, 0.25) is 5.02 Å². The smallest absolute Gasteiger partial charge is 0.119 e. The maximum absolute atomic E-state index is 5.80. The largest absolute Gasteiger partial charge is 0.492 e. The van der Waals surface area contributed by atoms with Crippen molar-refractivity contribution in [3.8, 4) is 5.75 Å². The topological polar surface area (TPSA) is 24.5 Å². The van der Waals surface area contributed by atoms with Crippen LogP contribution in [0.5, 0.6) is 5.75 Å². The van der Waals surface area contributed by atoms with E-state index in [9.17, 15) is 0 Å². The van der Waals surface area contributed by atoms with E-state index < -0.39 is 0 Å². The molecule has 1 aliphatic rings. The minimum Gasteiger partial charge on any atom is -0.492 e. The average Bonchev–Trinajstić information content (AvgIpc) is 2.89. The number of halogens is 1. The highest BCUT2D eigenvalue weighted by Crippen LogP contribution is 2.15. The fourth-order valence-electron chi connectivity index (χ4n) is 2.14. The Morgan fingerprint density at radius 2 is 1.83 bits per heavy atom. The average molecular weight is 269 g/mol. The van der Waals surface area contributed by atoms with Crippen LogP contribution in [0.25, 0.3) is 0 Å². The molecular formula is C14H21ClN2O. The van der Waals surface area contributed by atoms with Crippen LogP contribution in [-0.2, 0) is 0 Å². The first-order chi connectivity index (χ1) is 8.84. The number of nitrogens with zero attached hydrogens (tertiary/aromatic N) is 1.